The van der Waals surface area contributed by atoms with Crippen molar-refractivity contribution in [2.75, 3.05) is 5.88 Å². The molecule has 2 aromatic rings. The van der Waals surface area contributed by atoms with Crippen LogP contribution in [0.3, 0.4) is 0 Å². The van der Waals surface area contributed by atoms with Crippen molar-refractivity contribution in [2.45, 2.75) is 39.0 Å². The maximum Gasteiger partial charge on any atom is 0.194 e. The van der Waals surface area contributed by atoms with Crippen molar-refractivity contribution in [1.29, 1.82) is 0 Å². The van der Waals surface area contributed by atoms with Crippen molar-refractivity contribution in [3.05, 3.63) is 16.5 Å². The summed E-state index contributed by atoms with van der Waals surface area (Å²) in [4.78, 5) is 4.42. The van der Waals surface area contributed by atoms with E-state index in [9.17, 15) is 0 Å². The maximum atomic E-state index is 6.32. The second-order valence-electron chi connectivity index (χ2n) is 5.31. The molecule has 0 spiro atoms. The van der Waals surface area contributed by atoms with Crippen LogP contribution >= 0.6 is 23.2 Å². The van der Waals surface area contributed by atoms with E-state index in [0.29, 0.717) is 22.4 Å². The molecule has 1 unspecified atom stereocenters. The average Bonchev–Trinajstić information content (AvgIpc) is 2.76. The van der Waals surface area contributed by atoms with E-state index in [1.54, 1.807) is 4.63 Å². The Morgan fingerprint density at radius 2 is 2.06 bits per heavy atom. The first-order chi connectivity index (χ1) is 7.84. The highest BCUT2D eigenvalue weighted by Crippen LogP contribution is 2.31. The van der Waals surface area contributed by atoms with Gasteiger partial charge < -0.3 is 0 Å². The Bertz CT molecular complexity index is 535. The summed E-state index contributed by atoms with van der Waals surface area (Å²) >= 11 is 12.1. The molecule has 0 bridgehead atoms. The van der Waals surface area contributed by atoms with Crippen LogP contribution in [0.5, 0.6) is 0 Å². The van der Waals surface area contributed by atoms with E-state index in [4.69, 9.17) is 23.2 Å². The summed E-state index contributed by atoms with van der Waals surface area (Å²) in [6, 6.07) is 0. The first kappa shape index (κ1) is 12.7. The van der Waals surface area contributed by atoms with Gasteiger partial charge in [-0.15, -0.1) is 16.7 Å². The van der Waals surface area contributed by atoms with E-state index in [1.807, 2.05) is 6.92 Å². The zero-order valence-electron chi connectivity index (χ0n) is 10.4. The average molecular weight is 275 g/mol. The van der Waals surface area contributed by atoms with Crippen LogP contribution in [-0.2, 0) is 5.41 Å². The van der Waals surface area contributed by atoms with Crippen molar-refractivity contribution in [3.63, 3.8) is 0 Å². The molecule has 2 heterocycles. The van der Waals surface area contributed by atoms with Gasteiger partial charge in [0.15, 0.2) is 11.5 Å². The van der Waals surface area contributed by atoms with E-state index in [0.717, 1.165) is 5.69 Å². The van der Waals surface area contributed by atoms with Gasteiger partial charge >= 0.3 is 0 Å². The predicted octanol–water partition coefficient (Wildman–Crippen LogP) is 3.35. The summed E-state index contributed by atoms with van der Waals surface area (Å²) < 4.78 is 1.63. The van der Waals surface area contributed by atoms with Gasteiger partial charge in [0, 0.05) is 17.2 Å². The summed E-state index contributed by atoms with van der Waals surface area (Å²) in [5.74, 6) is 1.34. The zero-order valence-corrected chi connectivity index (χ0v) is 11.9. The smallest absolute Gasteiger partial charge is 0.194 e. The molecule has 0 fully saturated rings. The second-order valence-corrected chi connectivity index (χ2v) is 6.00. The maximum absolute atomic E-state index is 6.32. The van der Waals surface area contributed by atoms with E-state index < -0.39 is 0 Å². The Labute approximate surface area is 110 Å². The summed E-state index contributed by atoms with van der Waals surface area (Å²) in [6.07, 6.45) is 0. The number of alkyl halides is 1. The monoisotopic (exact) mass is 274 g/mol. The molecule has 0 saturated carbocycles. The van der Waals surface area contributed by atoms with Crippen LogP contribution in [0, 0.1) is 0 Å². The lowest BCUT2D eigenvalue weighted by molar-refractivity contribution is 0.555. The lowest BCUT2D eigenvalue weighted by Crippen LogP contribution is -2.13. The Balaban J connectivity index is 2.53. The largest absolute Gasteiger partial charge is 0.278 e. The molecule has 17 heavy (non-hydrogen) atoms. The Hall–Kier alpha value is -0.740. The standard InChI is InChI=1S/C11H16Cl2N4/c1-6(5-12)9-14-10-7(13)8(11(2,3)4)15-17(10)16-9/h6,15H,5H2,1-4H3. The van der Waals surface area contributed by atoms with Gasteiger partial charge in [-0.3, -0.25) is 5.10 Å². The quantitative estimate of drug-likeness (QED) is 0.854. The normalized spacial score (nSPS) is 14.5. The van der Waals surface area contributed by atoms with E-state index >= 15 is 0 Å². The first-order valence-corrected chi connectivity index (χ1v) is 6.46. The van der Waals surface area contributed by atoms with Gasteiger partial charge in [0.2, 0.25) is 0 Å². The van der Waals surface area contributed by atoms with E-state index in [1.165, 1.54) is 0 Å². The van der Waals surface area contributed by atoms with Gasteiger partial charge in [0.05, 0.1) is 5.69 Å². The Kier molecular flexibility index (Phi) is 3.12. The van der Waals surface area contributed by atoms with Crippen molar-refractivity contribution < 1.29 is 0 Å². The second kappa shape index (κ2) is 4.18. The molecule has 0 aliphatic carbocycles. The minimum Gasteiger partial charge on any atom is -0.278 e. The topological polar surface area (TPSA) is 46.0 Å². The molecule has 0 radical (unpaired) electrons. The van der Waals surface area contributed by atoms with Crippen molar-refractivity contribution in [1.82, 2.24) is 19.8 Å². The highest BCUT2D eigenvalue weighted by molar-refractivity contribution is 6.34. The third kappa shape index (κ3) is 2.16. The summed E-state index contributed by atoms with van der Waals surface area (Å²) in [7, 11) is 0. The molecule has 0 amide bonds. The molecule has 2 rings (SSSR count). The molecule has 0 aliphatic rings. The number of rotatable bonds is 2. The van der Waals surface area contributed by atoms with Crippen LogP contribution < -0.4 is 0 Å². The third-order valence-corrected chi connectivity index (χ3v) is 3.50. The van der Waals surface area contributed by atoms with Crippen LogP contribution in [0.25, 0.3) is 5.65 Å². The van der Waals surface area contributed by atoms with E-state index in [-0.39, 0.29) is 11.3 Å². The van der Waals surface area contributed by atoms with Gasteiger partial charge in [0.25, 0.3) is 0 Å². The lowest BCUT2D eigenvalue weighted by Gasteiger charge is -2.16. The summed E-state index contributed by atoms with van der Waals surface area (Å²) in [5.41, 5.74) is 1.56. The fourth-order valence-corrected chi connectivity index (χ4v) is 2.18. The Morgan fingerprint density at radius 3 is 2.53 bits per heavy atom. The van der Waals surface area contributed by atoms with Crippen LogP contribution in [0.15, 0.2) is 0 Å². The molecular formula is C11H16Cl2N4. The van der Waals surface area contributed by atoms with Crippen molar-refractivity contribution in [2.24, 2.45) is 0 Å². The van der Waals surface area contributed by atoms with Gasteiger partial charge in [-0.05, 0) is 0 Å². The number of H-pyrrole nitrogens is 1. The molecule has 0 aromatic carbocycles. The fraction of sp³-hybridized carbons (Fsp3) is 0.636. The minimum absolute atomic E-state index is 0.0578. The predicted molar refractivity (Wildman–Crippen MR) is 70.2 cm³/mol. The number of nitrogens with one attached hydrogen (secondary N) is 1. The van der Waals surface area contributed by atoms with Crippen LogP contribution in [-0.4, -0.2) is 25.7 Å². The highest BCUT2D eigenvalue weighted by Gasteiger charge is 2.24. The van der Waals surface area contributed by atoms with Gasteiger partial charge in [0.1, 0.15) is 5.02 Å². The van der Waals surface area contributed by atoms with E-state index in [2.05, 4.69) is 36.0 Å². The van der Waals surface area contributed by atoms with Gasteiger partial charge in [-0.25, -0.2) is 4.98 Å². The molecule has 94 valence electrons. The van der Waals surface area contributed by atoms with Crippen molar-refractivity contribution >= 4 is 28.8 Å². The van der Waals surface area contributed by atoms with Gasteiger partial charge in [-0.2, -0.15) is 4.63 Å². The van der Waals surface area contributed by atoms with Crippen molar-refractivity contribution in [3.8, 4) is 0 Å². The number of hydrogen-bond donors (Lipinski definition) is 1. The number of aromatic nitrogens is 4. The molecule has 6 heteroatoms. The summed E-state index contributed by atoms with van der Waals surface area (Å²) in [5, 5.41) is 8.17. The van der Waals surface area contributed by atoms with Gasteiger partial charge in [-0.1, -0.05) is 39.3 Å². The molecule has 1 N–H and O–H groups in total. The molecular weight excluding hydrogens is 259 g/mol. The molecule has 1 atom stereocenters. The first-order valence-electron chi connectivity index (χ1n) is 5.55. The minimum atomic E-state index is -0.0578. The number of halogens is 2. The molecule has 0 saturated heterocycles. The number of hydrogen-bond acceptors (Lipinski definition) is 2. The molecule has 2 aromatic heterocycles. The number of fused-ring (bicyclic) bond motifs is 1. The SMILES string of the molecule is CC(CCl)c1nc2c(Cl)c(C(C)(C)C)[nH]n2n1. The number of nitrogens with zero attached hydrogens (tertiary/aromatic N) is 3. The third-order valence-electron chi connectivity index (χ3n) is 2.68. The van der Waals surface area contributed by atoms with Crippen LogP contribution in [0.4, 0.5) is 0 Å². The van der Waals surface area contributed by atoms with Crippen LogP contribution in [0.1, 0.15) is 45.1 Å². The zero-order chi connectivity index (χ0) is 12.8. The molecule has 4 nitrogen and oxygen atoms in total. The fourth-order valence-electron chi connectivity index (χ4n) is 1.59. The highest BCUT2D eigenvalue weighted by atomic mass is 35.5. The number of aromatic amines is 1. The Morgan fingerprint density at radius 1 is 1.41 bits per heavy atom. The van der Waals surface area contributed by atoms with Crippen LogP contribution in [0.2, 0.25) is 5.02 Å². The summed E-state index contributed by atoms with van der Waals surface area (Å²) in [6.45, 7) is 8.26. The lowest BCUT2D eigenvalue weighted by atomic mass is 9.92. The molecule has 0 aliphatic heterocycles.